The van der Waals surface area contributed by atoms with Gasteiger partial charge in [0.25, 0.3) is 0 Å². The van der Waals surface area contributed by atoms with E-state index in [1.807, 2.05) is 24.3 Å². The van der Waals surface area contributed by atoms with Crippen molar-refractivity contribution in [2.45, 2.75) is 71.8 Å². The van der Waals surface area contributed by atoms with Gasteiger partial charge in [-0.1, -0.05) is 31.3 Å². The summed E-state index contributed by atoms with van der Waals surface area (Å²) in [6.07, 6.45) is 5.87. The van der Waals surface area contributed by atoms with E-state index in [4.69, 9.17) is 40.6 Å². The maximum Gasteiger partial charge on any atom is 3.00 e. The van der Waals surface area contributed by atoms with E-state index in [0.717, 1.165) is 48.5 Å². The molecule has 0 unspecified atom stereocenters. The quantitative estimate of drug-likeness (QED) is 0.0457. The molecule has 0 aliphatic carbocycles. The molecule has 1 aliphatic rings. The van der Waals surface area contributed by atoms with Gasteiger partial charge in [0.2, 0.25) is 5.91 Å². The van der Waals surface area contributed by atoms with Gasteiger partial charge in [-0.25, -0.2) is 0 Å². The maximum absolute atomic E-state index is 12.5. The van der Waals surface area contributed by atoms with Gasteiger partial charge in [0.1, 0.15) is 0 Å². The van der Waals surface area contributed by atoms with Crippen molar-refractivity contribution in [3.8, 4) is 0 Å². The standard InChI is InChI=1S/C48H82N6O14S.Ga/c1-3-24-63-28-32-67-35-31-66-27-8-15-54(41(2)55)37-44(56)9-4-6-25-64-29-33-68-34-30-65-26-7-5-10-45(69)49-43-13-11-42(12-14-43)36-50-16-18-51(38-46(57)58)20-22-53(40-48(61)62)23-21-52(19-17-50)39-47(59)60;/h11-14H,3-10,15-40H2,1-2H3,(H,49,69)(H,57,58)(H,59,60)(H,61,62);/q;+3/p-3. The van der Waals surface area contributed by atoms with E-state index in [1.165, 1.54) is 6.92 Å². The van der Waals surface area contributed by atoms with E-state index in [1.54, 1.807) is 19.6 Å². The molecule has 0 atom stereocenters. The van der Waals surface area contributed by atoms with Crippen molar-refractivity contribution in [3.05, 3.63) is 29.8 Å². The van der Waals surface area contributed by atoms with Crippen molar-refractivity contribution in [2.24, 2.45) is 0 Å². The van der Waals surface area contributed by atoms with E-state index in [9.17, 15) is 39.3 Å². The first-order valence-corrected chi connectivity index (χ1v) is 24.9. The van der Waals surface area contributed by atoms with Crippen LogP contribution in [0.1, 0.15) is 70.8 Å². The van der Waals surface area contributed by atoms with Crippen LogP contribution in [0.4, 0.5) is 5.69 Å². The second kappa shape index (κ2) is 42.4. The fraction of sp³-hybridized carbons (Fsp3) is 0.750. The topological polar surface area (TPSA) is 238 Å². The number of carbonyl (C=O) groups excluding carboxylic acids is 5. The Morgan fingerprint density at radius 2 is 0.943 bits per heavy atom. The smallest absolute Gasteiger partial charge is 0.549 e. The Morgan fingerprint density at radius 1 is 0.557 bits per heavy atom. The molecule has 1 aromatic rings. The number of ether oxygens (including phenoxy) is 6. The second-order valence-electron chi connectivity index (χ2n) is 16.9. The van der Waals surface area contributed by atoms with Gasteiger partial charge in [-0.15, -0.1) is 0 Å². The molecule has 1 fully saturated rings. The summed E-state index contributed by atoms with van der Waals surface area (Å²) in [7, 11) is 0. The van der Waals surface area contributed by atoms with Crippen molar-refractivity contribution in [1.82, 2.24) is 24.5 Å². The summed E-state index contributed by atoms with van der Waals surface area (Å²) >= 11 is 5.58. The first kappa shape index (κ1) is 64.9. The van der Waals surface area contributed by atoms with Crippen LogP contribution in [-0.2, 0) is 58.9 Å². The predicted octanol–water partition coefficient (Wildman–Crippen LogP) is -1.33. The number of unbranched alkanes of at least 4 members (excludes halogenated alkanes) is 2. The number of hydrogen-bond acceptors (Lipinski definition) is 19. The number of nitrogens with one attached hydrogen (secondary N) is 1. The molecule has 1 saturated heterocycles. The van der Waals surface area contributed by atoms with E-state index in [-0.39, 0.29) is 70.7 Å². The first-order valence-electron chi connectivity index (χ1n) is 24.5. The molecule has 2 rings (SSSR count). The summed E-state index contributed by atoms with van der Waals surface area (Å²) in [5.74, 6) is -3.80. The van der Waals surface area contributed by atoms with Gasteiger partial charge in [-0.05, 0) is 62.6 Å². The Kier molecular flexibility index (Phi) is 39.3. The number of Topliss-reactive ketones (excluding diaryl/α,β-unsaturated/α-hetero) is 1. The minimum Gasteiger partial charge on any atom is -0.549 e. The Labute approximate surface area is 434 Å². The summed E-state index contributed by atoms with van der Waals surface area (Å²) in [4.78, 5) is 68.3. The third-order valence-corrected chi connectivity index (χ3v) is 11.2. The molecule has 0 spiro atoms. The predicted molar refractivity (Wildman–Crippen MR) is 263 cm³/mol. The van der Waals surface area contributed by atoms with Gasteiger partial charge in [0.15, 0.2) is 5.78 Å². The van der Waals surface area contributed by atoms with Gasteiger partial charge in [-0.3, -0.25) is 29.2 Å². The summed E-state index contributed by atoms with van der Waals surface area (Å²) < 4.78 is 33.3. The zero-order chi connectivity index (χ0) is 50.3. The number of rotatable bonds is 39. The number of carbonyl (C=O) groups is 5. The fourth-order valence-electron chi connectivity index (χ4n) is 7.18. The van der Waals surface area contributed by atoms with Crippen molar-refractivity contribution in [3.63, 3.8) is 0 Å². The van der Waals surface area contributed by atoms with Crippen molar-refractivity contribution >= 4 is 72.3 Å². The molecule has 1 aliphatic heterocycles. The molecule has 1 amide bonds. The molecule has 22 heteroatoms. The average Bonchev–Trinajstić information content (AvgIpc) is 3.29. The normalized spacial score (nSPS) is 14.5. The van der Waals surface area contributed by atoms with Gasteiger partial charge in [0, 0.05) is 131 Å². The number of hydrogen-bond donors (Lipinski definition) is 1. The largest absolute Gasteiger partial charge is 3.00 e. The number of nitrogens with zero attached hydrogens (tertiary/aromatic N) is 5. The zero-order valence-electron chi connectivity index (χ0n) is 41.8. The molecule has 70 heavy (non-hydrogen) atoms. The number of thiocarbonyl (C=S) groups is 1. The first-order chi connectivity index (χ1) is 33.3. The molecular formula is C48H79GaN6O14S. The molecule has 1 aromatic carbocycles. The van der Waals surface area contributed by atoms with Gasteiger partial charge >= 0.3 is 19.8 Å². The van der Waals surface area contributed by atoms with Crippen LogP contribution in [0.3, 0.4) is 0 Å². The number of ketones is 1. The summed E-state index contributed by atoms with van der Waals surface area (Å²) in [5, 5.41) is 37.6. The number of amides is 1. The fourth-order valence-corrected chi connectivity index (χ4v) is 7.44. The molecule has 1 heterocycles. The van der Waals surface area contributed by atoms with E-state index in [0.29, 0.717) is 151 Å². The summed E-state index contributed by atoms with van der Waals surface area (Å²) in [6.45, 7) is 12.9. The van der Waals surface area contributed by atoms with Gasteiger partial charge in [-0.2, -0.15) is 0 Å². The number of carboxylic acid groups (broad SMARTS) is 3. The molecule has 1 N–H and O–H groups in total. The number of anilines is 1. The van der Waals surface area contributed by atoms with Crippen molar-refractivity contribution in [2.75, 3.05) is 170 Å². The second-order valence-corrected chi connectivity index (χ2v) is 17.4. The van der Waals surface area contributed by atoms with Crippen LogP contribution in [0.25, 0.3) is 0 Å². The molecule has 0 bridgehead atoms. The van der Waals surface area contributed by atoms with Crippen LogP contribution in [0, 0.1) is 0 Å². The maximum atomic E-state index is 12.5. The van der Waals surface area contributed by atoms with Crippen LogP contribution in [0.15, 0.2) is 24.3 Å². The van der Waals surface area contributed by atoms with Crippen LogP contribution in [-0.4, -0.2) is 243 Å². The Balaban J connectivity index is 0.0000245. The number of carboxylic acids is 3. The van der Waals surface area contributed by atoms with Gasteiger partial charge in [0.05, 0.1) is 82.3 Å². The van der Waals surface area contributed by atoms with Crippen molar-refractivity contribution < 1.29 is 67.7 Å². The molecule has 394 valence electrons. The van der Waals surface area contributed by atoms with E-state index < -0.39 is 17.9 Å². The van der Waals surface area contributed by atoms with E-state index in [2.05, 4.69) is 17.1 Å². The van der Waals surface area contributed by atoms with E-state index >= 15 is 0 Å². The summed E-state index contributed by atoms with van der Waals surface area (Å²) in [5.41, 5.74) is 1.87. The van der Waals surface area contributed by atoms with Crippen molar-refractivity contribution in [1.29, 1.82) is 0 Å². The SMILES string of the molecule is CCCOCCOCCOCCCN(CC(=O)CCCCOCCOCCOCCCCC(=S)Nc1ccc(CN2CCN(CC(=O)[O-])CCN(CC(=O)[O-])CCN(CC(=O)[O-])CC2)cc1)C(C)=O.[Ga+3]. The Morgan fingerprint density at radius 3 is 1.36 bits per heavy atom. The van der Waals surface area contributed by atoms with Crippen LogP contribution < -0.4 is 20.6 Å². The minimum atomic E-state index is -1.26. The monoisotopic (exact) mass is 1060 g/mol. The van der Waals surface area contributed by atoms with Crippen LogP contribution >= 0.6 is 12.2 Å². The molecule has 20 nitrogen and oxygen atoms in total. The average molecular weight is 1070 g/mol. The number of aliphatic carboxylic acids is 3. The molecule has 0 saturated carbocycles. The van der Waals surface area contributed by atoms with Crippen LogP contribution in [0.2, 0.25) is 0 Å². The Bertz CT molecular complexity index is 1560. The molecular weight excluding hydrogens is 986 g/mol. The molecule has 0 aromatic heterocycles. The van der Waals surface area contributed by atoms with Crippen LogP contribution in [0.5, 0.6) is 0 Å². The Hall–Kier alpha value is -3.10. The minimum absolute atomic E-state index is 0. The van der Waals surface area contributed by atoms with Gasteiger partial charge < -0.3 is 68.3 Å². The third-order valence-electron chi connectivity index (χ3n) is 10.9. The third kappa shape index (κ3) is 35.9. The zero-order valence-corrected chi connectivity index (χ0v) is 45.0. The summed E-state index contributed by atoms with van der Waals surface area (Å²) in [6, 6.07) is 7.88. The molecule has 0 radical (unpaired) electrons. The number of benzene rings is 1.